The van der Waals surface area contributed by atoms with Crippen molar-refractivity contribution in [3.8, 4) is 5.75 Å². The lowest BCUT2D eigenvalue weighted by molar-refractivity contribution is -0.384. The Morgan fingerprint density at radius 3 is 2.59 bits per heavy atom. The van der Waals surface area contributed by atoms with Crippen LogP contribution < -0.4 is 15.4 Å². The molecule has 0 aliphatic carbocycles. The molecule has 3 N–H and O–H groups in total. The molecule has 0 aromatic heterocycles. The van der Waals surface area contributed by atoms with E-state index in [1.807, 2.05) is 13.0 Å². The van der Waals surface area contributed by atoms with E-state index in [1.165, 1.54) is 19.2 Å². The summed E-state index contributed by atoms with van der Waals surface area (Å²) in [6.45, 7) is 1.17. The summed E-state index contributed by atoms with van der Waals surface area (Å²) in [7, 11) is 1.46. The van der Waals surface area contributed by atoms with E-state index in [4.69, 9.17) is 14.6 Å². The van der Waals surface area contributed by atoms with Gasteiger partial charge in [0, 0.05) is 24.4 Å². The number of amides is 1. The minimum absolute atomic E-state index is 0.117. The van der Waals surface area contributed by atoms with Crippen LogP contribution in [0.4, 0.5) is 17.1 Å². The summed E-state index contributed by atoms with van der Waals surface area (Å²) in [4.78, 5) is 34.9. The first-order valence-corrected chi connectivity index (χ1v) is 8.60. The second kappa shape index (κ2) is 10.0. The van der Waals surface area contributed by atoms with Gasteiger partial charge in [-0.1, -0.05) is 6.07 Å². The van der Waals surface area contributed by atoms with Crippen LogP contribution in [0.2, 0.25) is 0 Å². The summed E-state index contributed by atoms with van der Waals surface area (Å²) in [5.41, 5.74) is 1.15. The number of anilines is 2. The van der Waals surface area contributed by atoms with E-state index in [1.54, 1.807) is 12.1 Å². The van der Waals surface area contributed by atoms with Crippen LogP contribution in [0.1, 0.15) is 15.9 Å². The Morgan fingerprint density at radius 1 is 1.17 bits per heavy atom. The Bertz CT molecular complexity index is 915. The van der Waals surface area contributed by atoms with E-state index < -0.39 is 23.4 Å². The monoisotopic (exact) mass is 403 g/mol. The van der Waals surface area contributed by atoms with Gasteiger partial charge in [-0.3, -0.25) is 14.9 Å². The van der Waals surface area contributed by atoms with Crippen molar-refractivity contribution in [2.24, 2.45) is 0 Å². The summed E-state index contributed by atoms with van der Waals surface area (Å²) in [6, 6.07) is 8.81. The van der Waals surface area contributed by atoms with E-state index in [0.29, 0.717) is 11.4 Å². The maximum atomic E-state index is 12.4. The van der Waals surface area contributed by atoms with Gasteiger partial charge in [-0.15, -0.1) is 0 Å². The molecule has 10 nitrogen and oxygen atoms in total. The number of carbonyl (C=O) groups excluding carboxylic acids is 2. The number of ether oxygens (including phenoxy) is 2. The molecule has 0 aliphatic rings. The largest absolute Gasteiger partial charge is 0.495 e. The van der Waals surface area contributed by atoms with Crippen LogP contribution in [-0.4, -0.2) is 48.8 Å². The maximum absolute atomic E-state index is 12.4. The molecule has 0 heterocycles. The summed E-state index contributed by atoms with van der Waals surface area (Å²) >= 11 is 0. The van der Waals surface area contributed by atoms with Gasteiger partial charge >= 0.3 is 5.97 Å². The average molecular weight is 403 g/mol. The smallest absolute Gasteiger partial charge is 0.341 e. The Kier molecular flexibility index (Phi) is 7.49. The number of aliphatic hydroxyl groups excluding tert-OH is 1. The summed E-state index contributed by atoms with van der Waals surface area (Å²) < 4.78 is 10.2. The summed E-state index contributed by atoms with van der Waals surface area (Å²) in [5, 5.41) is 25.3. The first kappa shape index (κ1) is 21.6. The fourth-order valence-electron chi connectivity index (χ4n) is 2.47. The SMILES string of the molecule is COc1ccc(C)cc1NC(=O)COC(=O)c1cc([N+](=O)[O-])ccc1NCCO. The zero-order chi connectivity index (χ0) is 21.4. The molecule has 0 bridgehead atoms. The number of nitro benzene ring substituents is 1. The predicted molar refractivity (Wildman–Crippen MR) is 105 cm³/mol. The lowest BCUT2D eigenvalue weighted by Gasteiger charge is -2.13. The number of non-ortho nitro benzene ring substituents is 1. The van der Waals surface area contributed by atoms with Crippen LogP contribution >= 0.6 is 0 Å². The van der Waals surface area contributed by atoms with Crippen LogP contribution in [0.15, 0.2) is 36.4 Å². The molecular weight excluding hydrogens is 382 g/mol. The number of nitro groups is 1. The standard InChI is InChI=1S/C19H21N3O7/c1-12-3-6-17(28-2)16(9-12)21-18(24)11-29-19(25)14-10-13(22(26)27)4-5-15(14)20-7-8-23/h3-6,9-10,20,23H,7-8,11H2,1-2H3,(H,21,24). The molecule has 0 saturated heterocycles. The Labute approximate surface area is 166 Å². The van der Waals surface area contributed by atoms with E-state index in [2.05, 4.69) is 10.6 Å². The molecule has 0 unspecified atom stereocenters. The van der Waals surface area contributed by atoms with Crippen molar-refractivity contribution in [1.82, 2.24) is 0 Å². The highest BCUT2D eigenvalue weighted by molar-refractivity contribution is 5.99. The van der Waals surface area contributed by atoms with Gasteiger partial charge in [0.15, 0.2) is 6.61 Å². The predicted octanol–water partition coefficient (Wildman–Crippen LogP) is 2.11. The highest BCUT2D eigenvalue weighted by atomic mass is 16.6. The molecule has 0 radical (unpaired) electrons. The third-order valence-corrected chi connectivity index (χ3v) is 3.82. The second-order valence-electron chi connectivity index (χ2n) is 5.97. The van der Waals surface area contributed by atoms with E-state index in [9.17, 15) is 19.7 Å². The normalized spacial score (nSPS) is 10.2. The van der Waals surface area contributed by atoms with Gasteiger partial charge in [0.1, 0.15) is 5.75 Å². The number of hydrogen-bond donors (Lipinski definition) is 3. The van der Waals surface area contributed by atoms with E-state index in [-0.39, 0.29) is 30.1 Å². The first-order valence-electron chi connectivity index (χ1n) is 8.60. The number of rotatable bonds is 9. The molecule has 154 valence electrons. The highest BCUT2D eigenvalue weighted by Gasteiger charge is 2.19. The van der Waals surface area contributed by atoms with Crippen LogP contribution in [0.5, 0.6) is 5.75 Å². The fraction of sp³-hybridized carbons (Fsp3) is 0.263. The average Bonchev–Trinajstić information content (AvgIpc) is 2.70. The van der Waals surface area contributed by atoms with Crippen molar-refractivity contribution in [3.05, 3.63) is 57.6 Å². The lowest BCUT2D eigenvalue weighted by Crippen LogP contribution is -2.22. The Morgan fingerprint density at radius 2 is 1.93 bits per heavy atom. The number of carbonyl (C=O) groups is 2. The maximum Gasteiger partial charge on any atom is 0.341 e. The minimum atomic E-state index is -0.916. The third kappa shape index (κ3) is 5.91. The second-order valence-corrected chi connectivity index (χ2v) is 5.97. The Hall–Kier alpha value is -3.66. The molecule has 0 saturated carbocycles. The number of methoxy groups -OCH3 is 1. The number of nitrogens with one attached hydrogen (secondary N) is 2. The molecule has 10 heteroatoms. The lowest BCUT2D eigenvalue weighted by atomic mass is 10.1. The van der Waals surface area contributed by atoms with Crippen LogP contribution in [0.25, 0.3) is 0 Å². The first-order chi connectivity index (χ1) is 13.8. The van der Waals surface area contributed by atoms with Gasteiger partial charge in [0.05, 0.1) is 29.9 Å². The third-order valence-electron chi connectivity index (χ3n) is 3.82. The molecule has 0 aliphatic heterocycles. The number of nitrogens with zero attached hydrogens (tertiary/aromatic N) is 1. The number of benzene rings is 2. The molecule has 29 heavy (non-hydrogen) atoms. The van der Waals surface area contributed by atoms with Gasteiger partial charge in [0.25, 0.3) is 11.6 Å². The summed E-state index contributed by atoms with van der Waals surface area (Å²) in [5.74, 6) is -1.07. The van der Waals surface area contributed by atoms with Gasteiger partial charge in [0.2, 0.25) is 0 Å². The highest BCUT2D eigenvalue weighted by Crippen LogP contribution is 2.25. The van der Waals surface area contributed by atoms with Gasteiger partial charge < -0.3 is 25.2 Å². The minimum Gasteiger partial charge on any atom is -0.495 e. The number of aryl methyl sites for hydroxylation is 1. The summed E-state index contributed by atoms with van der Waals surface area (Å²) in [6.07, 6.45) is 0. The molecule has 1 amide bonds. The zero-order valence-corrected chi connectivity index (χ0v) is 15.9. The van der Waals surface area contributed by atoms with Crippen molar-refractivity contribution in [2.75, 3.05) is 37.5 Å². The van der Waals surface area contributed by atoms with Gasteiger partial charge in [-0.05, 0) is 30.7 Å². The van der Waals surface area contributed by atoms with Crippen molar-refractivity contribution < 1.29 is 29.1 Å². The quantitative estimate of drug-likeness (QED) is 0.328. The van der Waals surface area contributed by atoms with Crippen LogP contribution in [0, 0.1) is 17.0 Å². The van der Waals surface area contributed by atoms with Crippen LogP contribution in [-0.2, 0) is 9.53 Å². The topological polar surface area (TPSA) is 140 Å². The molecule has 0 atom stereocenters. The van der Waals surface area contributed by atoms with E-state index in [0.717, 1.165) is 11.6 Å². The Balaban J connectivity index is 2.09. The molecule has 0 fully saturated rings. The van der Waals surface area contributed by atoms with E-state index >= 15 is 0 Å². The molecular formula is C19H21N3O7. The van der Waals surface area contributed by atoms with Crippen molar-refractivity contribution in [2.45, 2.75) is 6.92 Å². The van der Waals surface area contributed by atoms with Gasteiger partial charge in [-0.2, -0.15) is 0 Å². The number of aliphatic hydroxyl groups is 1. The van der Waals surface area contributed by atoms with Crippen LogP contribution in [0.3, 0.4) is 0 Å². The molecule has 2 rings (SSSR count). The van der Waals surface area contributed by atoms with Crippen molar-refractivity contribution in [3.63, 3.8) is 0 Å². The van der Waals surface area contributed by atoms with Crippen molar-refractivity contribution in [1.29, 1.82) is 0 Å². The van der Waals surface area contributed by atoms with Gasteiger partial charge in [-0.25, -0.2) is 4.79 Å². The zero-order valence-electron chi connectivity index (χ0n) is 15.9. The molecule has 0 spiro atoms. The van der Waals surface area contributed by atoms with Crippen molar-refractivity contribution >= 4 is 28.9 Å². The fourth-order valence-corrected chi connectivity index (χ4v) is 2.47. The number of hydrogen-bond acceptors (Lipinski definition) is 8. The number of esters is 1. The molecule has 2 aromatic carbocycles. The molecule has 2 aromatic rings.